The van der Waals surface area contributed by atoms with E-state index < -0.39 is 0 Å². The molecule has 0 aliphatic carbocycles. The Bertz CT molecular complexity index is 293. The summed E-state index contributed by atoms with van der Waals surface area (Å²) in [6.07, 6.45) is 2.17. The molecule has 2 heteroatoms. The monoisotopic (exact) mass is 255 g/mol. The van der Waals surface area contributed by atoms with Crippen molar-refractivity contribution < 1.29 is 0 Å². The van der Waals surface area contributed by atoms with Crippen LogP contribution in [0.3, 0.4) is 0 Å². The molecule has 0 aromatic heterocycles. The third-order valence-electron chi connectivity index (χ3n) is 2.44. The molecule has 0 bridgehead atoms. The number of nitrogens with zero attached hydrogens (tertiary/aromatic N) is 1. The van der Waals surface area contributed by atoms with Crippen LogP contribution in [0.5, 0.6) is 0 Å². The molecule has 0 radical (unpaired) electrons. The van der Waals surface area contributed by atoms with Crippen molar-refractivity contribution in [2.75, 3.05) is 19.0 Å². The highest BCUT2D eigenvalue weighted by Gasteiger charge is 2.09. The maximum absolute atomic E-state index is 3.56. The van der Waals surface area contributed by atoms with E-state index in [1.54, 1.807) is 0 Å². The minimum Gasteiger partial charge on any atom is -0.377 e. The van der Waals surface area contributed by atoms with Crippen LogP contribution in [-0.4, -0.2) is 14.1 Å². The quantitative estimate of drug-likeness (QED) is 0.798. The zero-order chi connectivity index (χ0) is 10.7. The van der Waals surface area contributed by atoms with Gasteiger partial charge in [0.05, 0.1) is 0 Å². The SMILES string of the molecule is CCc1cc(Br)cc(CC)c1N(C)C. The van der Waals surface area contributed by atoms with Gasteiger partial charge in [0.15, 0.2) is 0 Å². The second kappa shape index (κ2) is 4.83. The van der Waals surface area contributed by atoms with E-state index in [1.807, 2.05) is 0 Å². The van der Waals surface area contributed by atoms with Crippen LogP contribution in [0.15, 0.2) is 16.6 Å². The van der Waals surface area contributed by atoms with Crippen molar-refractivity contribution in [1.29, 1.82) is 0 Å². The van der Waals surface area contributed by atoms with Crippen LogP contribution in [0.2, 0.25) is 0 Å². The van der Waals surface area contributed by atoms with E-state index in [1.165, 1.54) is 21.3 Å². The zero-order valence-corrected chi connectivity index (χ0v) is 11.0. The van der Waals surface area contributed by atoms with Gasteiger partial charge in [0.2, 0.25) is 0 Å². The topological polar surface area (TPSA) is 3.24 Å². The number of hydrogen-bond donors (Lipinski definition) is 0. The lowest BCUT2D eigenvalue weighted by Crippen LogP contribution is -2.13. The van der Waals surface area contributed by atoms with Gasteiger partial charge in [-0.05, 0) is 36.1 Å². The maximum Gasteiger partial charge on any atom is 0.0426 e. The first kappa shape index (κ1) is 11.6. The standard InChI is InChI=1S/C12H18BrN/c1-5-9-7-11(13)8-10(6-2)12(9)14(3)4/h7-8H,5-6H2,1-4H3. The fourth-order valence-corrected chi connectivity index (χ4v) is 2.38. The smallest absolute Gasteiger partial charge is 0.0426 e. The molecule has 14 heavy (non-hydrogen) atoms. The van der Waals surface area contributed by atoms with Crippen LogP contribution in [0.4, 0.5) is 5.69 Å². The van der Waals surface area contributed by atoms with Gasteiger partial charge in [-0.15, -0.1) is 0 Å². The molecule has 1 nitrogen and oxygen atoms in total. The van der Waals surface area contributed by atoms with Crippen molar-refractivity contribution >= 4 is 21.6 Å². The van der Waals surface area contributed by atoms with E-state index in [9.17, 15) is 0 Å². The first-order chi connectivity index (χ1) is 6.60. The van der Waals surface area contributed by atoms with Gasteiger partial charge in [0.1, 0.15) is 0 Å². The Kier molecular flexibility index (Phi) is 3.99. The number of benzene rings is 1. The molecule has 0 heterocycles. The minimum atomic E-state index is 1.08. The Morgan fingerprint density at radius 3 is 1.79 bits per heavy atom. The van der Waals surface area contributed by atoms with Gasteiger partial charge in [-0.25, -0.2) is 0 Å². The predicted molar refractivity (Wildman–Crippen MR) is 67.2 cm³/mol. The third kappa shape index (κ3) is 2.30. The molecule has 1 rings (SSSR count). The van der Waals surface area contributed by atoms with E-state index in [4.69, 9.17) is 0 Å². The molecule has 1 aromatic rings. The Balaban J connectivity index is 3.33. The predicted octanol–water partition coefficient (Wildman–Crippen LogP) is 3.64. The summed E-state index contributed by atoms with van der Waals surface area (Å²) in [7, 11) is 4.23. The second-order valence-electron chi connectivity index (χ2n) is 3.67. The number of aryl methyl sites for hydroxylation is 2. The molecule has 0 fully saturated rings. The largest absolute Gasteiger partial charge is 0.377 e. The fraction of sp³-hybridized carbons (Fsp3) is 0.500. The summed E-state index contributed by atoms with van der Waals surface area (Å²) in [6, 6.07) is 4.43. The highest BCUT2D eigenvalue weighted by Crippen LogP contribution is 2.29. The maximum atomic E-state index is 3.56. The zero-order valence-electron chi connectivity index (χ0n) is 9.39. The van der Waals surface area contributed by atoms with Crippen LogP contribution in [0, 0.1) is 0 Å². The normalized spacial score (nSPS) is 10.4. The van der Waals surface area contributed by atoms with Gasteiger partial charge < -0.3 is 4.90 Å². The lowest BCUT2D eigenvalue weighted by molar-refractivity contribution is 1.01. The Morgan fingerprint density at radius 1 is 1.07 bits per heavy atom. The first-order valence-electron chi connectivity index (χ1n) is 5.08. The summed E-state index contributed by atoms with van der Waals surface area (Å²) >= 11 is 3.56. The summed E-state index contributed by atoms with van der Waals surface area (Å²) in [6.45, 7) is 4.41. The number of halogens is 1. The molecule has 0 spiro atoms. The average molecular weight is 256 g/mol. The van der Waals surface area contributed by atoms with Crippen molar-refractivity contribution in [3.05, 3.63) is 27.7 Å². The van der Waals surface area contributed by atoms with Crippen molar-refractivity contribution in [2.24, 2.45) is 0 Å². The molecule has 0 amide bonds. The van der Waals surface area contributed by atoms with E-state index in [2.05, 4.69) is 60.9 Å². The van der Waals surface area contributed by atoms with Crippen molar-refractivity contribution in [2.45, 2.75) is 26.7 Å². The Morgan fingerprint density at radius 2 is 1.50 bits per heavy atom. The Labute approximate surface area is 95.2 Å². The number of rotatable bonds is 3. The van der Waals surface area contributed by atoms with Crippen LogP contribution in [0.1, 0.15) is 25.0 Å². The van der Waals surface area contributed by atoms with Crippen LogP contribution >= 0.6 is 15.9 Å². The molecule has 0 aliphatic heterocycles. The third-order valence-corrected chi connectivity index (χ3v) is 2.90. The van der Waals surface area contributed by atoms with Gasteiger partial charge in [0, 0.05) is 24.3 Å². The molecule has 1 aromatic carbocycles. The average Bonchev–Trinajstić information content (AvgIpc) is 2.15. The molecule has 0 saturated heterocycles. The molecule has 0 atom stereocenters. The van der Waals surface area contributed by atoms with Crippen LogP contribution < -0.4 is 4.90 Å². The van der Waals surface area contributed by atoms with Crippen molar-refractivity contribution in [3.63, 3.8) is 0 Å². The molecule has 0 aliphatic rings. The Hall–Kier alpha value is -0.500. The molecule has 0 N–H and O–H groups in total. The lowest BCUT2D eigenvalue weighted by Gasteiger charge is -2.21. The summed E-state index contributed by atoms with van der Waals surface area (Å²) < 4.78 is 1.19. The molecule has 78 valence electrons. The van der Waals surface area contributed by atoms with Gasteiger partial charge in [0.25, 0.3) is 0 Å². The summed E-state index contributed by atoms with van der Waals surface area (Å²) in [5.41, 5.74) is 4.22. The first-order valence-corrected chi connectivity index (χ1v) is 5.88. The van der Waals surface area contributed by atoms with E-state index in [0.29, 0.717) is 0 Å². The van der Waals surface area contributed by atoms with E-state index >= 15 is 0 Å². The van der Waals surface area contributed by atoms with Gasteiger partial charge in [-0.1, -0.05) is 29.8 Å². The van der Waals surface area contributed by atoms with E-state index in [-0.39, 0.29) is 0 Å². The second-order valence-corrected chi connectivity index (χ2v) is 4.59. The lowest BCUT2D eigenvalue weighted by atomic mass is 10.0. The highest BCUT2D eigenvalue weighted by atomic mass is 79.9. The summed E-state index contributed by atoms with van der Waals surface area (Å²) in [5, 5.41) is 0. The molecular formula is C12H18BrN. The van der Waals surface area contributed by atoms with Crippen molar-refractivity contribution in [1.82, 2.24) is 0 Å². The number of anilines is 1. The van der Waals surface area contributed by atoms with Gasteiger partial charge >= 0.3 is 0 Å². The minimum absolute atomic E-state index is 1.08. The van der Waals surface area contributed by atoms with Gasteiger partial charge in [-0.2, -0.15) is 0 Å². The number of hydrogen-bond acceptors (Lipinski definition) is 1. The summed E-state index contributed by atoms with van der Waals surface area (Å²) in [5.74, 6) is 0. The molecule has 0 saturated carbocycles. The highest BCUT2D eigenvalue weighted by molar-refractivity contribution is 9.10. The molecular weight excluding hydrogens is 238 g/mol. The van der Waals surface area contributed by atoms with Crippen LogP contribution in [0.25, 0.3) is 0 Å². The van der Waals surface area contributed by atoms with E-state index in [0.717, 1.165) is 12.8 Å². The van der Waals surface area contributed by atoms with Gasteiger partial charge in [-0.3, -0.25) is 0 Å². The van der Waals surface area contributed by atoms with Crippen molar-refractivity contribution in [3.8, 4) is 0 Å². The summed E-state index contributed by atoms with van der Waals surface area (Å²) in [4.78, 5) is 2.21. The van der Waals surface area contributed by atoms with Crippen LogP contribution in [-0.2, 0) is 12.8 Å². The fourth-order valence-electron chi connectivity index (χ4n) is 1.83. The molecule has 0 unspecified atom stereocenters.